The van der Waals surface area contributed by atoms with Gasteiger partial charge in [-0.15, -0.1) is 0 Å². The van der Waals surface area contributed by atoms with E-state index in [0.717, 1.165) is 25.3 Å². The zero-order valence-electron chi connectivity index (χ0n) is 13.7. The lowest BCUT2D eigenvalue weighted by Gasteiger charge is -2.32. The number of hydrogen-bond donors (Lipinski definition) is 1. The normalized spacial score (nSPS) is 20.5. The first-order valence-electron chi connectivity index (χ1n) is 8.52. The lowest BCUT2D eigenvalue weighted by molar-refractivity contribution is 0.174. The van der Waals surface area contributed by atoms with Crippen molar-refractivity contribution in [3.05, 3.63) is 0 Å². The van der Waals surface area contributed by atoms with Gasteiger partial charge in [0.1, 0.15) is 5.54 Å². The highest BCUT2D eigenvalue weighted by Gasteiger charge is 2.22. The van der Waals surface area contributed by atoms with E-state index in [-0.39, 0.29) is 5.54 Å². The van der Waals surface area contributed by atoms with E-state index in [2.05, 4.69) is 30.1 Å². The standard InChI is InChI=1S/C17H33N3/c1-4-8-16-9-13-20(14-10-16)12-7-6-11-17(3,15-18)19-5-2/h16,19H,4-14H2,1-3H3. The van der Waals surface area contributed by atoms with Gasteiger partial charge in [-0.25, -0.2) is 0 Å². The molecule has 3 nitrogen and oxygen atoms in total. The fourth-order valence-electron chi connectivity index (χ4n) is 3.29. The van der Waals surface area contributed by atoms with Gasteiger partial charge in [-0.2, -0.15) is 5.26 Å². The van der Waals surface area contributed by atoms with Crippen molar-refractivity contribution >= 4 is 0 Å². The SMILES string of the molecule is CCCC1CCN(CCCCC(C)(C#N)NCC)CC1. The molecule has 0 radical (unpaired) electrons. The Morgan fingerprint density at radius 1 is 1.25 bits per heavy atom. The molecule has 0 aliphatic carbocycles. The molecule has 0 bridgehead atoms. The van der Waals surface area contributed by atoms with E-state index in [1.54, 1.807) is 0 Å². The van der Waals surface area contributed by atoms with Crippen LogP contribution in [0.3, 0.4) is 0 Å². The molecule has 1 aliphatic heterocycles. The number of unbranched alkanes of at least 4 members (excludes halogenated alkanes) is 1. The lowest BCUT2D eigenvalue weighted by Crippen LogP contribution is -2.41. The summed E-state index contributed by atoms with van der Waals surface area (Å²) in [7, 11) is 0. The predicted octanol–water partition coefficient (Wildman–Crippen LogP) is 3.56. The molecular weight excluding hydrogens is 246 g/mol. The van der Waals surface area contributed by atoms with E-state index in [1.165, 1.54) is 51.7 Å². The molecule has 20 heavy (non-hydrogen) atoms. The van der Waals surface area contributed by atoms with Crippen LogP contribution in [0.1, 0.15) is 65.7 Å². The van der Waals surface area contributed by atoms with Crippen LogP contribution in [0.4, 0.5) is 0 Å². The monoisotopic (exact) mass is 279 g/mol. The van der Waals surface area contributed by atoms with Gasteiger partial charge >= 0.3 is 0 Å². The molecule has 1 N–H and O–H groups in total. The molecule has 0 saturated carbocycles. The summed E-state index contributed by atoms with van der Waals surface area (Å²) in [6.07, 6.45) is 8.86. The number of likely N-dealkylation sites (tertiary alicyclic amines) is 1. The second kappa shape index (κ2) is 9.37. The molecular formula is C17H33N3. The number of nitrogens with zero attached hydrogens (tertiary/aromatic N) is 2. The van der Waals surface area contributed by atoms with Crippen LogP contribution in [-0.2, 0) is 0 Å². The van der Waals surface area contributed by atoms with Crippen LogP contribution < -0.4 is 5.32 Å². The zero-order valence-corrected chi connectivity index (χ0v) is 13.7. The number of nitriles is 1. The summed E-state index contributed by atoms with van der Waals surface area (Å²) in [6.45, 7) is 11.0. The van der Waals surface area contributed by atoms with Crippen molar-refractivity contribution in [1.82, 2.24) is 10.2 Å². The van der Waals surface area contributed by atoms with Crippen LogP contribution >= 0.6 is 0 Å². The molecule has 1 atom stereocenters. The first-order valence-corrected chi connectivity index (χ1v) is 8.52. The van der Waals surface area contributed by atoms with E-state index in [1.807, 2.05) is 6.92 Å². The van der Waals surface area contributed by atoms with E-state index in [9.17, 15) is 5.26 Å². The van der Waals surface area contributed by atoms with Gasteiger partial charge in [-0.1, -0.05) is 26.7 Å². The smallest absolute Gasteiger partial charge is 0.103 e. The van der Waals surface area contributed by atoms with Crippen molar-refractivity contribution in [2.24, 2.45) is 5.92 Å². The average molecular weight is 279 g/mol. The third-order valence-corrected chi connectivity index (χ3v) is 4.62. The van der Waals surface area contributed by atoms with Crippen LogP contribution in [0.25, 0.3) is 0 Å². The predicted molar refractivity (Wildman–Crippen MR) is 85.6 cm³/mol. The lowest BCUT2D eigenvalue weighted by atomic mass is 9.92. The van der Waals surface area contributed by atoms with Crippen LogP contribution in [0, 0.1) is 17.2 Å². The minimum atomic E-state index is -0.330. The molecule has 0 aromatic carbocycles. The highest BCUT2D eigenvalue weighted by atomic mass is 15.1. The Bertz CT molecular complexity index is 289. The highest BCUT2D eigenvalue weighted by Crippen LogP contribution is 2.22. The molecule has 0 spiro atoms. The summed E-state index contributed by atoms with van der Waals surface area (Å²) in [4.78, 5) is 2.61. The van der Waals surface area contributed by atoms with Gasteiger partial charge in [0.05, 0.1) is 6.07 Å². The molecule has 3 heteroatoms. The highest BCUT2D eigenvalue weighted by molar-refractivity contribution is 5.03. The summed E-state index contributed by atoms with van der Waals surface area (Å²) in [5.74, 6) is 0.979. The molecule has 1 fully saturated rings. The molecule has 1 saturated heterocycles. The van der Waals surface area contributed by atoms with Crippen molar-refractivity contribution in [2.75, 3.05) is 26.2 Å². The van der Waals surface area contributed by atoms with Gasteiger partial charge < -0.3 is 4.90 Å². The fraction of sp³-hybridized carbons (Fsp3) is 0.941. The van der Waals surface area contributed by atoms with Crippen LogP contribution in [0.5, 0.6) is 0 Å². The quantitative estimate of drug-likeness (QED) is 0.656. The zero-order chi connectivity index (χ0) is 14.8. The van der Waals surface area contributed by atoms with Gasteiger partial charge in [-0.05, 0) is 71.1 Å². The molecule has 0 aromatic heterocycles. The number of hydrogen-bond acceptors (Lipinski definition) is 3. The first-order chi connectivity index (χ1) is 9.63. The van der Waals surface area contributed by atoms with Crippen LogP contribution in [0.15, 0.2) is 0 Å². The van der Waals surface area contributed by atoms with E-state index < -0.39 is 0 Å². The molecule has 0 amide bonds. The molecule has 0 aromatic rings. The topological polar surface area (TPSA) is 39.1 Å². The Hall–Kier alpha value is -0.590. The van der Waals surface area contributed by atoms with Crippen molar-refractivity contribution in [3.63, 3.8) is 0 Å². The Kier molecular flexibility index (Phi) is 8.18. The molecule has 1 rings (SSSR count). The maximum absolute atomic E-state index is 9.22. The molecule has 1 aliphatic rings. The van der Waals surface area contributed by atoms with Crippen LogP contribution in [-0.4, -0.2) is 36.6 Å². The number of rotatable bonds is 9. The van der Waals surface area contributed by atoms with Crippen molar-refractivity contribution in [1.29, 1.82) is 5.26 Å². The summed E-state index contributed by atoms with van der Waals surface area (Å²) >= 11 is 0. The summed E-state index contributed by atoms with van der Waals surface area (Å²) < 4.78 is 0. The fourth-order valence-corrected chi connectivity index (χ4v) is 3.29. The maximum Gasteiger partial charge on any atom is 0.103 e. The van der Waals surface area contributed by atoms with E-state index in [0.29, 0.717) is 0 Å². The maximum atomic E-state index is 9.22. The average Bonchev–Trinajstić information content (AvgIpc) is 2.46. The molecule has 1 unspecified atom stereocenters. The second-order valence-corrected chi connectivity index (χ2v) is 6.51. The van der Waals surface area contributed by atoms with Crippen molar-refractivity contribution in [3.8, 4) is 6.07 Å². The number of piperidine rings is 1. The minimum Gasteiger partial charge on any atom is -0.303 e. The number of nitrogens with one attached hydrogen (secondary N) is 1. The third kappa shape index (κ3) is 6.24. The Labute approximate surface area is 125 Å². The Morgan fingerprint density at radius 2 is 1.95 bits per heavy atom. The molecule has 116 valence electrons. The van der Waals surface area contributed by atoms with E-state index in [4.69, 9.17) is 0 Å². The van der Waals surface area contributed by atoms with Gasteiger partial charge in [0.25, 0.3) is 0 Å². The van der Waals surface area contributed by atoms with Crippen molar-refractivity contribution < 1.29 is 0 Å². The van der Waals surface area contributed by atoms with Gasteiger partial charge in [0.15, 0.2) is 0 Å². The van der Waals surface area contributed by atoms with Gasteiger partial charge in [0, 0.05) is 0 Å². The molecule has 1 heterocycles. The minimum absolute atomic E-state index is 0.330. The third-order valence-electron chi connectivity index (χ3n) is 4.62. The Morgan fingerprint density at radius 3 is 2.50 bits per heavy atom. The summed E-state index contributed by atoms with van der Waals surface area (Å²) in [6, 6.07) is 2.41. The van der Waals surface area contributed by atoms with E-state index >= 15 is 0 Å². The first kappa shape index (κ1) is 17.5. The van der Waals surface area contributed by atoms with Gasteiger partial charge in [0.2, 0.25) is 0 Å². The largest absolute Gasteiger partial charge is 0.303 e. The Balaban J connectivity index is 2.12. The van der Waals surface area contributed by atoms with Crippen molar-refractivity contribution in [2.45, 2.75) is 71.3 Å². The van der Waals surface area contributed by atoms with Crippen LogP contribution in [0.2, 0.25) is 0 Å². The second-order valence-electron chi connectivity index (χ2n) is 6.51. The summed E-state index contributed by atoms with van der Waals surface area (Å²) in [5.41, 5.74) is -0.330. The summed E-state index contributed by atoms with van der Waals surface area (Å²) in [5, 5.41) is 12.5. The van der Waals surface area contributed by atoms with Gasteiger partial charge in [-0.3, -0.25) is 5.32 Å².